The first-order valence-electron chi connectivity index (χ1n) is 7.13. The van der Waals surface area contributed by atoms with E-state index in [-0.39, 0.29) is 5.60 Å². The van der Waals surface area contributed by atoms with E-state index < -0.39 is 13.0 Å². The molecule has 0 aliphatic heterocycles. The van der Waals surface area contributed by atoms with Crippen molar-refractivity contribution in [2.24, 2.45) is 5.92 Å². The second-order valence-electron chi connectivity index (χ2n) is 5.77. The average Bonchev–Trinajstić information content (AvgIpc) is 2.35. The molecule has 0 aromatic heterocycles. The molecule has 18 heavy (non-hydrogen) atoms. The Morgan fingerprint density at radius 3 is 2.33 bits per heavy atom. The van der Waals surface area contributed by atoms with Gasteiger partial charge < -0.3 is 10.1 Å². The van der Waals surface area contributed by atoms with Crippen LogP contribution < -0.4 is 5.32 Å². The zero-order chi connectivity index (χ0) is 13.6. The van der Waals surface area contributed by atoms with Gasteiger partial charge in [-0.2, -0.15) is 0 Å². The summed E-state index contributed by atoms with van der Waals surface area (Å²) < 4.78 is 30.3. The second-order valence-corrected chi connectivity index (χ2v) is 5.77. The summed E-state index contributed by atoms with van der Waals surface area (Å²) in [5.74, 6) is 0.743. The van der Waals surface area contributed by atoms with Crippen LogP contribution in [0.4, 0.5) is 8.78 Å². The van der Waals surface area contributed by atoms with Crippen molar-refractivity contribution in [3.63, 3.8) is 0 Å². The molecule has 0 saturated heterocycles. The van der Waals surface area contributed by atoms with Gasteiger partial charge in [-0.1, -0.05) is 27.2 Å². The lowest BCUT2D eigenvalue weighted by atomic mass is 9.77. The third-order valence-corrected chi connectivity index (χ3v) is 3.94. The van der Waals surface area contributed by atoms with Gasteiger partial charge in [0.1, 0.15) is 6.61 Å². The smallest absolute Gasteiger partial charge is 0.261 e. The molecule has 0 aromatic rings. The Bertz CT molecular complexity index is 212. The fourth-order valence-electron chi connectivity index (χ4n) is 2.61. The summed E-state index contributed by atoms with van der Waals surface area (Å²) in [7, 11) is 0. The summed E-state index contributed by atoms with van der Waals surface area (Å²) in [5, 5.41) is 3.34. The molecule has 4 heteroatoms. The first kappa shape index (κ1) is 15.8. The summed E-state index contributed by atoms with van der Waals surface area (Å²) in [6.45, 7) is 6.59. The van der Waals surface area contributed by atoms with Crippen LogP contribution >= 0.6 is 0 Å². The molecule has 1 aliphatic rings. The Labute approximate surface area is 109 Å². The van der Waals surface area contributed by atoms with Crippen molar-refractivity contribution in [3.05, 3.63) is 0 Å². The predicted octanol–water partition coefficient (Wildman–Crippen LogP) is 3.61. The standard InChI is InChI=1S/C14H27F2NO/c1-4-12-5-7-14(8-6-12,10-17-11(2)3)18-9-13(15)16/h11-13,17H,4-10H2,1-3H3. The quantitative estimate of drug-likeness (QED) is 0.757. The number of ether oxygens (including phenoxy) is 1. The average molecular weight is 263 g/mol. The number of rotatable bonds is 7. The van der Waals surface area contributed by atoms with Crippen LogP contribution in [0, 0.1) is 5.92 Å². The molecule has 0 atom stereocenters. The number of alkyl halides is 2. The third kappa shape index (κ3) is 5.19. The highest BCUT2D eigenvalue weighted by Gasteiger charge is 2.36. The van der Waals surface area contributed by atoms with Gasteiger partial charge in [-0.15, -0.1) is 0 Å². The maximum Gasteiger partial charge on any atom is 0.261 e. The van der Waals surface area contributed by atoms with E-state index in [1.807, 2.05) is 0 Å². The van der Waals surface area contributed by atoms with E-state index in [1.165, 1.54) is 6.42 Å². The van der Waals surface area contributed by atoms with Crippen LogP contribution in [0.15, 0.2) is 0 Å². The first-order valence-corrected chi connectivity index (χ1v) is 7.13. The molecule has 1 fully saturated rings. The molecule has 0 spiro atoms. The van der Waals surface area contributed by atoms with Crippen LogP contribution in [-0.2, 0) is 4.74 Å². The Balaban J connectivity index is 2.52. The largest absolute Gasteiger partial charge is 0.368 e. The zero-order valence-corrected chi connectivity index (χ0v) is 11.8. The summed E-state index contributed by atoms with van der Waals surface area (Å²) >= 11 is 0. The van der Waals surface area contributed by atoms with Crippen LogP contribution in [0.2, 0.25) is 0 Å². The van der Waals surface area contributed by atoms with Crippen LogP contribution in [0.1, 0.15) is 52.9 Å². The molecule has 108 valence electrons. The van der Waals surface area contributed by atoms with Gasteiger partial charge in [0.15, 0.2) is 0 Å². The zero-order valence-electron chi connectivity index (χ0n) is 11.8. The highest BCUT2D eigenvalue weighted by Crippen LogP contribution is 2.36. The molecule has 2 nitrogen and oxygen atoms in total. The Kier molecular flexibility index (Phi) is 6.50. The van der Waals surface area contributed by atoms with Crippen molar-refractivity contribution in [1.29, 1.82) is 0 Å². The van der Waals surface area contributed by atoms with Gasteiger partial charge in [0.2, 0.25) is 0 Å². The molecule has 0 heterocycles. The van der Waals surface area contributed by atoms with E-state index in [4.69, 9.17) is 4.74 Å². The van der Waals surface area contributed by atoms with Gasteiger partial charge in [-0.25, -0.2) is 8.78 Å². The highest BCUT2D eigenvalue weighted by atomic mass is 19.3. The van der Waals surface area contributed by atoms with Crippen molar-refractivity contribution < 1.29 is 13.5 Å². The van der Waals surface area contributed by atoms with Crippen LogP contribution in [0.5, 0.6) is 0 Å². The molecular weight excluding hydrogens is 236 g/mol. The number of hydrogen-bond donors (Lipinski definition) is 1. The van der Waals surface area contributed by atoms with Crippen molar-refractivity contribution in [2.45, 2.75) is 70.9 Å². The Hall–Kier alpha value is -0.220. The first-order chi connectivity index (χ1) is 8.47. The SMILES string of the molecule is CCC1CCC(CNC(C)C)(OCC(F)F)CC1. The van der Waals surface area contributed by atoms with Crippen molar-refractivity contribution in [2.75, 3.05) is 13.2 Å². The van der Waals surface area contributed by atoms with Crippen LogP contribution in [0.3, 0.4) is 0 Å². The molecular formula is C14H27F2NO. The topological polar surface area (TPSA) is 21.3 Å². The minimum absolute atomic E-state index is 0.362. The number of halogens is 2. The lowest BCUT2D eigenvalue weighted by Crippen LogP contribution is -2.48. The maximum atomic E-state index is 12.4. The fraction of sp³-hybridized carbons (Fsp3) is 1.00. The third-order valence-electron chi connectivity index (χ3n) is 3.94. The monoisotopic (exact) mass is 263 g/mol. The summed E-state index contributed by atoms with van der Waals surface area (Å²) in [6, 6.07) is 0.362. The predicted molar refractivity (Wildman–Crippen MR) is 70.1 cm³/mol. The normalized spacial score (nSPS) is 29.2. The molecule has 0 radical (unpaired) electrons. The summed E-state index contributed by atoms with van der Waals surface area (Å²) in [4.78, 5) is 0. The number of hydrogen-bond acceptors (Lipinski definition) is 2. The van der Waals surface area contributed by atoms with E-state index in [0.29, 0.717) is 12.6 Å². The second kappa shape index (κ2) is 7.39. The Morgan fingerprint density at radius 2 is 1.89 bits per heavy atom. The maximum absolute atomic E-state index is 12.4. The van der Waals surface area contributed by atoms with Crippen molar-refractivity contribution in [3.8, 4) is 0 Å². The van der Waals surface area contributed by atoms with Gasteiger partial charge in [-0.05, 0) is 31.6 Å². The van der Waals surface area contributed by atoms with E-state index in [2.05, 4.69) is 26.1 Å². The van der Waals surface area contributed by atoms with Gasteiger partial charge in [0, 0.05) is 12.6 Å². The van der Waals surface area contributed by atoms with E-state index in [0.717, 1.165) is 31.6 Å². The Morgan fingerprint density at radius 1 is 1.28 bits per heavy atom. The van der Waals surface area contributed by atoms with Crippen molar-refractivity contribution in [1.82, 2.24) is 5.32 Å². The lowest BCUT2D eigenvalue weighted by molar-refractivity contribution is -0.111. The summed E-state index contributed by atoms with van der Waals surface area (Å²) in [5.41, 5.74) is -0.369. The van der Waals surface area contributed by atoms with E-state index in [9.17, 15) is 8.78 Å². The molecule has 1 rings (SSSR count). The molecule has 0 unspecified atom stereocenters. The number of nitrogens with one attached hydrogen (secondary N) is 1. The highest BCUT2D eigenvalue weighted by molar-refractivity contribution is 4.89. The van der Waals surface area contributed by atoms with Crippen LogP contribution in [-0.4, -0.2) is 31.2 Å². The minimum Gasteiger partial charge on any atom is -0.368 e. The van der Waals surface area contributed by atoms with Gasteiger partial charge in [0.25, 0.3) is 6.43 Å². The molecule has 0 bridgehead atoms. The van der Waals surface area contributed by atoms with Gasteiger partial charge in [-0.3, -0.25) is 0 Å². The van der Waals surface area contributed by atoms with Gasteiger partial charge in [0.05, 0.1) is 5.60 Å². The lowest BCUT2D eigenvalue weighted by Gasteiger charge is -2.40. The van der Waals surface area contributed by atoms with Crippen molar-refractivity contribution >= 4 is 0 Å². The van der Waals surface area contributed by atoms with E-state index in [1.54, 1.807) is 0 Å². The minimum atomic E-state index is -2.37. The molecule has 1 N–H and O–H groups in total. The molecule has 1 saturated carbocycles. The molecule has 0 amide bonds. The molecule has 1 aliphatic carbocycles. The van der Waals surface area contributed by atoms with Gasteiger partial charge >= 0.3 is 0 Å². The van der Waals surface area contributed by atoms with Crippen LogP contribution in [0.25, 0.3) is 0 Å². The summed E-state index contributed by atoms with van der Waals surface area (Å²) in [6.07, 6.45) is 2.81. The molecule has 0 aromatic carbocycles. The fourth-order valence-corrected chi connectivity index (χ4v) is 2.61. The van der Waals surface area contributed by atoms with E-state index >= 15 is 0 Å².